The standard InChI is InChI=1S/C12H13ClF3NO2S/c13-8-9-1-2-11(10(7-9)12(14,15)16)17-3-5-20(18,19)6-4-17/h1-2,7H,3-6,8H2. The van der Waals surface area contributed by atoms with Gasteiger partial charge in [0.25, 0.3) is 0 Å². The van der Waals surface area contributed by atoms with E-state index in [1.165, 1.54) is 17.0 Å². The maximum atomic E-state index is 13.1. The van der Waals surface area contributed by atoms with Crippen LogP contribution in [0.25, 0.3) is 0 Å². The molecule has 0 aromatic heterocycles. The lowest BCUT2D eigenvalue weighted by Crippen LogP contribution is -2.41. The quantitative estimate of drug-likeness (QED) is 0.784. The van der Waals surface area contributed by atoms with Crippen molar-refractivity contribution in [1.82, 2.24) is 0 Å². The molecule has 20 heavy (non-hydrogen) atoms. The van der Waals surface area contributed by atoms with Crippen molar-refractivity contribution in [3.05, 3.63) is 29.3 Å². The van der Waals surface area contributed by atoms with Crippen molar-refractivity contribution in [3.8, 4) is 0 Å². The van der Waals surface area contributed by atoms with Crippen LogP contribution in [0.15, 0.2) is 18.2 Å². The van der Waals surface area contributed by atoms with Gasteiger partial charge in [0.1, 0.15) is 0 Å². The van der Waals surface area contributed by atoms with E-state index in [9.17, 15) is 21.6 Å². The van der Waals surface area contributed by atoms with E-state index in [1.807, 2.05) is 0 Å². The molecule has 1 saturated heterocycles. The first kappa shape index (κ1) is 15.4. The van der Waals surface area contributed by atoms with Crippen LogP contribution in [0, 0.1) is 0 Å². The second kappa shape index (κ2) is 5.44. The average Bonchev–Trinajstić information content (AvgIpc) is 2.37. The summed E-state index contributed by atoms with van der Waals surface area (Å²) in [6.07, 6.45) is -4.49. The van der Waals surface area contributed by atoms with Crippen LogP contribution >= 0.6 is 11.6 Å². The second-order valence-corrected chi connectivity index (χ2v) is 7.19. The molecule has 0 unspecified atom stereocenters. The number of sulfone groups is 1. The zero-order chi connectivity index (χ0) is 15.0. The summed E-state index contributed by atoms with van der Waals surface area (Å²) in [4.78, 5) is 1.46. The molecule has 1 aromatic carbocycles. The van der Waals surface area contributed by atoms with Gasteiger partial charge in [0, 0.05) is 24.7 Å². The molecule has 1 heterocycles. The third kappa shape index (κ3) is 3.38. The molecular weight excluding hydrogens is 315 g/mol. The number of hydrogen-bond acceptors (Lipinski definition) is 3. The minimum Gasteiger partial charge on any atom is -0.369 e. The Morgan fingerprint density at radius 1 is 1.20 bits per heavy atom. The number of alkyl halides is 4. The fourth-order valence-corrected chi connectivity index (χ4v) is 3.49. The number of nitrogens with zero attached hydrogens (tertiary/aromatic N) is 1. The molecule has 3 nitrogen and oxygen atoms in total. The zero-order valence-electron chi connectivity index (χ0n) is 10.5. The summed E-state index contributed by atoms with van der Waals surface area (Å²) in [6, 6.07) is 3.91. The lowest BCUT2D eigenvalue weighted by molar-refractivity contribution is -0.137. The average molecular weight is 328 g/mol. The third-order valence-corrected chi connectivity index (χ3v) is 5.12. The number of anilines is 1. The molecule has 1 aliphatic heterocycles. The summed E-state index contributed by atoms with van der Waals surface area (Å²) in [5.41, 5.74) is -0.372. The van der Waals surface area contributed by atoms with Gasteiger partial charge >= 0.3 is 6.18 Å². The summed E-state index contributed by atoms with van der Waals surface area (Å²) in [5.74, 6) is -0.249. The van der Waals surface area contributed by atoms with Crippen molar-refractivity contribution < 1.29 is 21.6 Å². The lowest BCUT2D eigenvalue weighted by Gasteiger charge is -2.31. The van der Waals surface area contributed by atoms with E-state index in [0.29, 0.717) is 5.56 Å². The van der Waals surface area contributed by atoms with E-state index in [0.717, 1.165) is 6.07 Å². The Bertz CT molecular complexity index is 587. The molecule has 8 heteroatoms. The predicted molar refractivity (Wildman–Crippen MR) is 71.9 cm³/mol. The van der Waals surface area contributed by atoms with Crippen LogP contribution in [0.3, 0.4) is 0 Å². The number of rotatable bonds is 2. The highest BCUT2D eigenvalue weighted by Crippen LogP contribution is 2.38. The summed E-state index contributed by atoms with van der Waals surface area (Å²) in [6.45, 7) is 0.150. The van der Waals surface area contributed by atoms with Gasteiger partial charge in [-0.2, -0.15) is 13.2 Å². The van der Waals surface area contributed by atoms with Gasteiger partial charge in [0.2, 0.25) is 0 Å². The van der Waals surface area contributed by atoms with Crippen LogP contribution < -0.4 is 4.90 Å². The minimum absolute atomic E-state index is 0.00224. The molecule has 1 aliphatic rings. The van der Waals surface area contributed by atoms with Crippen LogP contribution in [0.4, 0.5) is 18.9 Å². The van der Waals surface area contributed by atoms with Crippen molar-refractivity contribution in [2.75, 3.05) is 29.5 Å². The van der Waals surface area contributed by atoms with Gasteiger partial charge in [-0.25, -0.2) is 8.42 Å². The monoisotopic (exact) mass is 327 g/mol. The van der Waals surface area contributed by atoms with E-state index >= 15 is 0 Å². The van der Waals surface area contributed by atoms with E-state index < -0.39 is 21.6 Å². The van der Waals surface area contributed by atoms with Gasteiger partial charge in [0.15, 0.2) is 9.84 Å². The molecule has 2 rings (SSSR count). The summed E-state index contributed by atoms with van der Waals surface area (Å²) >= 11 is 5.56. The van der Waals surface area contributed by atoms with Crippen LogP contribution in [0.5, 0.6) is 0 Å². The SMILES string of the molecule is O=S1(=O)CCN(c2ccc(CCl)cc2C(F)(F)F)CC1. The molecule has 0 spiro atoms. The van der Waals surface area contributed by atoms with Crippen LogP contribution in [-0.2, 0) is 21.9 Å². The smallest absolute Gasteiger partial charge is 0.369 e. The molecule has 0 N–H and O–H groups in total. The fourth-order valence-electron chi connectivity index (χ4n) is 2.12. The first-order valence-electron chi connectivity index (χ1n) is 5.94. The number of hydrogen-bond donors (Lipinski definition) is 0. The zero-order valence-corrected chi connectivity index (χ0v) is 12.0. The molecule has 0 saturated carbocycles. The Balaban J connectivity index is 2.37. The topological polar surface area (TPSA) is 37.4 Å². The van der Waals surface area contributed by atoms with Crippen LogP contribution in [-0.4, -0.2) is 33.0 Å². The summed E-state index contributed by atoms with van der Waals surface area (Å²) in [7, 11) is -3.13. The molecule has 1 aromatic rings. The highest BCUT2D eigenvalue weighted by molar-refractivity contribution is 7.91. The molecule has 1 fully saturated rings. The van der Waals surface area contributed by atoms with Crippen molar-refractivity contribution in [2.45, 2.75) is 12.1 Å². The maximum Gasteiger partial charge on any atom is 0.418 e. The second-order valence-electron chi connectivity index (χ2n) is 4.62. The van der Waals surface area contributed by atoms with Crippen LogP contribution in [0.1, 0.15) is 11.1 Å². The molecule has 0 aliphatic carbocycles. The van der Waals surface area contributed by atoms with Gasteiger partial charge < -0.3 is 4.90 Å². The highest BCUT2D eigenvalue weighted by atomic mass is 35.5. The Morgan fingerprint density at radius 3 is 2.30 bits per heavy atom. The van der Waals surface area contributed by atoms with E-state index in [-0.39, 0.29) is 36.2 Å². The lowest BCUT2D eigenvalue weighted by atomic mass is 10.1. The van der Waals surface area contributed by atoms with Gasteiger partial charge in [-0.05, 0) is 17.7 Å². The Kier molecular flexibility index (Phi) is 4.20. The Hall–Kier alpha value is -0.950. The molecule has 0 amide bonds. The first-order chi connectivity index (χ1) is 9.23. The van der Waals surface area contributed by atoms with Crippen molar-refractivity contribution in [3.63, 3.8) is 0 Å². The molecule has 0 bridgehead atoms. The van der Waals surface area contributed by atoms with Gasteiger partial charge in [-0.15, -0.1) is 11.6 Å². The van der Waals surface area contributed by atoms with Crippen molar-refractivity contribution >= 4 is 27.1 Å². The Morgan fingerprint density at radius 2 is 1.80 bits per heavy atom. The normalized spacial score (nSPS) is 19.1. The van der Waals surface area contributed by atoms with Crippen molar-refractivity contribution in [1.29, 1.82) is 0 Å². The summed E-state index contributed by atoms with van der Waals surface area (Å²) < 4.78 is 61.9. The Labute approximate surface area is 120 Å². The molecule has 0 atom stereocenters. The minimum atomic E-state index is -4.49. The van der Waals surface area contributed by atoms with Gasteiger partial charge in [0.05, 0.1) is 17.1 Å². The molecule has 112 valence electrons. The van der Waals surface area contributed by atoms with E-state index in [4.69, 9.17) is 11.6 Å². The van der Waals surface area contributed by atoms with E-state index in [2.05, 4.69) is 0 Å². The van der Waals surface area contributed by atoms with Crippen LogP contribution in [0.2, 0.25) is 0 Å². The predicted octanol–water partition coefficient (Wildman–Crippen LogP) is 2.68. The largest absolute Gasteiger partial charge is 0.418 e. The van der Waals surface area contributed by atoms with E-state index in [1.54, 1.807) is 0 Å². The number of benzene rings is 1. The third-order valence-electron chi connectivity index (χ3n) is 3.21. The van der Waals surface area contributed by atoms with Gasteiger partial charge in [-0.1, -0.05) is 6.07 Å². The fraction of sp³-hybridized carbons (Fsp3) is 0.500. The molecular formula is C12H13ClF3NO2S. The van der Waals surface area contributed by atoms with Gasteiger partial charge in [-0.3, -0.25) is 0 Å². The molecule has 0 radical (unpaired) electrons. The maximum absolute atomic E-state index is 13.1. The summed E-state index contributed by atoms with van der Waals surface area (Å²) in [5, 5.41) is 0. The number of halogens is 4. The van der Waals surface area contributed by atoms with Crippen molar-refractivity contribution in [2.24, 2.45) is 0 Å². The highest BCUT2D eigenvalue weighted by Gasteiger charge is 2.36. The first-order valence-corrected chi connectivity index (χ1v) is 8.30.